The Morgan fingerprint density at radius 3 is 2.65 bits per heavy atom. The van der Waals surface area contributed by atoms with Crippen molar-refractivity contribution in [2.75, 3.05) is 5.32 Å². The molecule has 0 aliphatic carbocycles. The third-order valence-corrected chi connectivity index (χ3v) is 2.92. The van der Waals surface area contributed by atoms with Gasteiger partial charge in [-0.05, 0) is 42.3 Å². The zero-order valence-electron chi connectivity index (χ0n) is 9.68. The summed E-state index contributed by atoms with van der Waals surface area (Å²) in [6, 6.07) is 4.65. The van der Waals surface area contributed by atoms with E-state index in [2.05, 4.69) is 21.2 Å². The highest BCUT2D eigenvalue weighted by atomic mass is 79.9. The van der Waals surface area contributed by atoms with Crippen LogP contribution >= 0.6 is 15.9 Å². The first kappa shape index (κ1) is 13.9. The van der Waals surface area contributed by atoms with E-state index in [4.69, 9.17) is 0 Å². The van der Waals surface area contributed by atoms with Crippen molar-refractivity contribution in [3.05, 3.63) is 32.8 Å². The number of nitro benzene ring substituents is 1. The van der Waals surface area contributed by atoms with Crippen LogP contribution in [-0.2, 0) is 0 Å². The summed E-state index contributed by atoms with van der Waals surface area (Å²) in [5.41, 5.74) is 0.828. The predicted molar refractivity (Wildman–Crippen MR) is 70.2 cm³/mol. The number of nitrogens with one attached hydrogen (secondary N) is 1. The van der Waals surface area contributed by atoms with Gasteiger partial charge < -0.3 is 10.4 Å². The highest BCUT2D eigenvalue weighted by molar-refractivity contribution is 9.10. The summed E-state index contributed by atoms with van der Waals surface area (Å²) in [6.45, 7) is 3.67. The number of hydrogen-bond acceptors (Lipinski definition) is 4. The first-order chi connectivity index (χ1) is 7.90. The van der Waals surface area contributed by atoms with Crippen LogP contribution in [0, 0.1) is 10.1 Å². The first-order valence-electron chi connectivity index (χ1n) is 5.28. The lowest BCUT2D eigenvalue weighted by Crippen LogP contribution is -2.20. The first-order valence-corrected chi connectivity index (χ1v) is 6.08. The Bertz CT molecular complexity index is 410. The second kappa shape index (κ2) is 5.97. The van der Waals surface area contributed by atoms with Gasteiger partial charge in [0.2, 0.25) is 0 Å². The lowest BCUT2D eigenvalue weighted by atomic mass is 10.1. The van der Waals surface area contributed by atoms with Crippen LogP contribution in [0.4, 0.5) is 11.4 Å². The molecule has 6 heteroatoms. The molecule has 0 amide bonds. The molecule has 0 heterocycles. The van der Waals surface area contributed by atoms with E-state index in [1.54, 1.807) is 13.0 Å². The van der Waals surface area contributed by atoms with Crippen molar-refractivity contribution in [2.45, 2.75) is 32.4 Å². The number of hydrogen-bond donors (Lipinski definition) is 2. The predicted octanol–water partition coefficient (Wildman–Crippen LogP) is 2.93. The largest absolute Gasteiger partial charge is 0.393 e. The SMILES string of the molecule is CC(O)CC(C)Nc1ccc([N+](=O)[O-])cc1Br. The van der Waals surface area contributed by atoms with Crippen molar-refractivity contribution in [2.24, 2.45) is 0 Å². The number of rotatable bonds is 5. The Labute approximate surface area is 108 Å². The smallest absolute Gasteiger partial charge is 0.270 e. The molecule has 5 nitrogen and oxygen atoms in total. The Kier molecular flexibility index (Phi) is 4.89. The second-order valence-corrected chi connectivity index (χ2v) is 4.91. The van der Waals surface area contributed by atoms with Gasteiger partial charge in [-0.1, -0.05) is 0 Å². The van der Waals surface area contributed by atoms with Crippen LogP contribution in [0.15, 0.2) is 22.7 Å². The van der Waals surface area contributed by atoms with Gasteiger partial charge in [0.25, 0.3) is 5.69 Å². The molecule has 0 bridgehead atoms. The monoisotopic (exact) mass is 302 g/mol. The topological polar surface area (TPSA) is 75.4 Å². The van der Waals surface area contributed by atoms with Crippen molar-refractivity contribution in [1.82, 2.24) is 0 Å². The summed E-state index contributed by atoms with van der Waals surface area (Å²) < 4.78 is 0.643. The minimum Gasteiger partial charge on any atom is -0.393 e. The van der Waals surface area contributed by atoms with Gasteiger partial charge in [0, 0.05) is 28.3 Å². The maximum Gasteiger partial charge on any atom is 0.270 e. The lowest BCUT2D eigenvalue weighted by Gasteiger charge is -2.17. The molecule has 2 unspecified atom stereocenters. The van der Waals surface area contributed by atoms with Gasteiger partial charge in [0.15, 0.2) is 0 Å². The number of non-ortho nitro benzene ring substituents is 1. The standard InChI is InChI=1S/C11H15BrN2O3/c1-7(5-8(2)15)13-11-4-3-9(14(16)17)6-10(11)12/h3-4,6-8,13,15H,5H2,1-2H3. The summed E-state index contributed by atoms with van der Waals surface area (Å²) in [6.07, 6.45) is 0.234. The number of nitro groups is 1. The molecular formula is C11H15BrN2O3. The fourth-order valence-electron chi connectivity index (χ4n) is 1.57. The summed E-state index contributed by atoms with van der Waals surface area (Å²) in [5, 5.41) is 23.0. The molecule has 0 fully saturated rings. The second-order valence-electron chi connectivity index (χ2n) is 4.05. The van der Waals surface area contributed by atoms with Gasteiger partial charge in [0.05, 0.1) is 11.0 Å². The molecule has 2 atom stereocenters. The van der Waals surface area contributed by atoms with Crippen LogP contribution in [0.5, 0.6) is 0 Å². The average Bonchev–Trinajstić information content (AvgIpc) is 2.19. The number of halogens is 1. The van der Waals surface area contributed by atoms with Crippen LogP contribution in [0.3, 0.4) is 0 Å². The van der Waals surface area contributed by atoms with Gasteiger partial charge >= 0.3 is 0 Å². The summed E-state index contributed by atoms with van der Waals surface area (Å²) in [5.74, 6) is 0. The lowest BCUT2D eigenvalue weighted by molar-refractivity contribution is -0.384. The van der Waals surface area contributed by atoms with Gasteiger partial charge in [-0.3, -0.25) is 10.1 Å². The Morgan fingerprint density at radius 2 is 2.18 bits per heavy atom. The van der Waals surface area contributed by atoms with Crippen LogP contribution < -0.4 is 5.32 Å². The quantitative estimate of drug-likeness (QED) is 0.648. The van der Waals surface area contributed by atoms with Gasteiger partial charge in [-0.15, -0.1) is 0 Å². The highest BCUT2D eigenvalue weighted by Gasteiger charge is 2.11. The Balaban J connectivity index is 2.75. The number of aliphatic hydroxyl groups is 1. The van der Waals surface area contributed by atoms with E-state index >= 15 is 0 Å². The van der Waals surface area contributed by atoms with E-state index in [-0.39, 0.29) is 17.8 Å². The molecule has 94 valence electrons. The van der Waals surface area contributed by atoms with E-state index in [0.29, 0.717) is 10.9 Å². The van der Waals surface area contributed by atoms with Crippen molar-refractivity contribution in [1.29, 1.82) is 0 Å². The molecule has 0 aromatic heterocycles. The molecule has 0 saturated carbocycles. The van der Waals surface area contributed by atoms with Crippen LogP contribution in [0.2, 0.25) is 0 Å². The number of benzene rings is 1. The molecule has 0 radical (unpaired) electrons. The van der Waals surface area contributed by atoms with Crippen molar-refractivity contribution in [3.8, 4) is 0 Å². The molecule has 1 aromatic rings. The molecule has 1 aromatic carbocycles. The van der Waals surface area contributed by atoms with Gasteiger partial charge in [0.1, 0.15) is 0 Å². The molecule has 0 aliphatic rings. The normalized spacial score (nSPS) is 14.1. The Hall–Kier alpha value is -1.14. The van der Waals surface area contributed by atoms with Gasteiger partial charge in [-0.2, -0.15) is 0 Å². The molecule has 0 aliphatic heterocycles. The minimum atomic E-state index is -0.437. The van der Waals surface area contributed by atoms with Crippen LogP contribution in [-0.4, -0.2) is 22.2 Å². The fourth-order valence-corrected chi connectivity index (χ4v) is 2.05. The van der Waals surface area contributed by atoms with E-state index in [0.717, 1.165) is 5.69 Å². The number of aliphatic hydroxyl groups excluding tert-OH is 1. The third-order valence-electron chi connectivity index (χ3n) is 2.26. The van der Waals surface area contributed by atoms with Crippen molar-refractivity contribution < 1.29 is 10.0 Å². The molecule has 2 N–H and O–H groups in total. The summed E-state index contributed by atoms with van der Waals surface area (Å²) in [7, 11) is 0. The van der Waals surface area contributed by atoms with Crippen LogP contribution in [0.1, 0.15) is 20.3 Å². The van der Waals surface area contributed by atoms with Crippen LogP contribution in [0.25, 0.3) is 0 Å². The highest BCUT2D eigenvalue weighted by Crippen LogP contribution is 2.27. The third kappa shape index (κ3) is 4.32. The summed E-state index contributed by atoms with van der Waals surface area (Å²) >= 11 is 3.28. The zero-order chi connectivity index (χ0) is 13.0. The van der Waals surface area contributed by atoms with E-state index in [1.807, 2.05) is 6.92 Å². The zero-order valence-corrected chi connectivity index (χ0v) is 11.3. The molecule has 17 heavy (non-hydrogen) atoms. The van der Waals surface area contributed by atoms with Crippen molar-refractivity contribution >= 4 is 27.3 Å². The maximum absolute atomic E-state index is 10.6. The number of anilines is 1. The van der Waals surface area contributed by atoms with E-state index < -0.39 is 4.92 Å². The molecule has 0 saturated heterocycles. The minimum absolute atomic E-state index is 0.0469. The summed E-state index contributed by atoms with van der Waals surface area (Å²) in [4.78, 5) is 10.1. The van der Waals surface area contributed by atoms with Gasteiger partial charge in [-0.25, -0.2) is 0 Å². The maximum atomic E-state index is 10.6. The Morgan fingerprint density at radius 1 is 1.53 bits per heavy atom. The molecule has 1 rings (SSSR count). The van der Waals surface area contributed by atoms with Crippen molar-refractivity contribution in [3.63, 3.8) is 0 Å². The average molecular weight is 303 g/mol. The molecular weight excluding hydrogens is 288 g/mol. The molecule has 0 spiro atoms. The van der Waals surface area contributed by atoms with E-state index in [1.165, 1.54) is 12.1 Å². The fraction of sp³-hybridized carbons (Fsp3) is 0.455. The number of nitrogens with zero attached hydrogens (tertiary/aromatic N) is 1. The van der Waals surface area contributed by atoms with E-state index in [9.17, 15) is 15.2 Å².